The van der Waals surface area contributed by atoms with E-state index in [1.807, 2.05) is 0 Å². The van der Waals surface area contributed by atoms with E-state index in [4.69, 9.17) is 0 Å². The standard InChI is InChI=1S/C12H13IO/c13-11-6-4-9(5-7-11)8-10-2-1-3-12(10)14/h4-7,10H,1-3,8H2/t10-/m0/s1. The molecule has 1 aliphatic carbocycles. The van der Waals surface area contributed by atoms with Crippen molar-refractivity contribution >= 4 is 28.4 Å². The van der Waals surface area contributed by atoms with E-state index >= 15 is 0 Å². The molecule has 0 N–H and O–H groups in total. The molecule has 1 nitrogen and oxygen atoms in total. The van der Waals surface area contributed by atoms with Crippen LogP contribution in [-0.2, 0) is 11.2 Å². The van der Waals surface area contributed by atoms with Gasteiger partial charge in [-0.3, -0.25) is 4.79 Å². The highest BCUT2D eigenvalue weighted by molar-refractivity contribution is 14.1. The molecule has 1 aromatic carbocycles. The summed E-state index contributed by atoms with van der Waals surface area (Å²) in [6.07, 6.45) is 3.92. The predicted molar refractivity (Wildman–Crippen MR) is 65.2 cm³/mol. The lowest BCUT2D eigenvalue weighted by molar-refractivity contribution is -0.120. The number of hydrogen-bond acceptors (Lipinski definition) is 1. The largest absolute Gasteiger partial charge is 0.299 e. The fraction of sp³-hybridized carbons (Fsp3) is 0.417. The average molecular weight is 300 g/mol. The van der Waals surface area contributed by atoms with Crippen LogP contribution < -0.4 is 0 Å². The first kappa shape index (κ1) is 10.1. The molecule has 0 unspecified atom stereocenters. The number of benzene rings is 1. The molecule has 14 heavy (non-hydrogen) atoms. The van der Waals surface area contributed by atoms with Crippen LogP contribution in [0.1, 0.15) is 24.8 Å². The van der Waals surface area contributed by atoms with Crippen molar-refractivity contribution < 1.29 is 4.79 Å². The summed E-state index contributed by atoms with van der Waals surface area (Å²) >= 11 is 2.30. The van der Waals surface area contributed by atoms with Crippen LogP contribution in [0, 0.1) is 9.49 Å². The molecule has 0 spiro atoms. The summed E-state index contributed by atoms with van der Waals surface area (Å²) in [5, 5.41) is 0. The highest BCUT2D eigenvalue weighted by Gasteiger charge is 2.24. The first-order valence-electron chi connectivity index (χ1n) is 5.03. The van der Waals surface area contributed by atoms with Gasteiger partial charge in [-0.2, -0.15) is 0 Å². The van der Waals surface area contributed by atoms with Gasteiger partial charge in [-0.05, 0) is 59.5 Å². The van der Waals surface area contributed by atoms with Crippen LogP contribution in [0.25, 0.3) is 0 Å². The maximum Gasteiger partial charge on any atom is 0.136 e. The zero-order valence-corrected chi connectivity index (χ0v) is 10.2. The van der Waals surface area contributed by atoms with E-state index in [1.165, 1.54) is 9.13 Å². The maximum absolute atomic E-state index is 11.4. The van der Waals surface area contributed by atoms with E-state index in [0.717, 1.165) is 25.7 Å². The van der Waals surface area contributed by atoms with Crippen molar-refractivity contribution in [1.82, 2.24) is 0 Å². The summed E-state index contributed by atoms with van der Waals surface area (Å²) in [4.78, 5) is 11.4. The molecule has 0 bridgehead atoms. The highest BCUT2D eigenvalue weighted by atomic mass is 127. The second-order valence-corrected chi connectivity index (χ2v) is 5.13. The van der Waals surface area contributed by atoms with Crippen molar-refractivity contribution in [2.24, 2.45) is 5.92 Å². The molecular formula is C12H13IO. The van der Waals surface area contributed by atoms with Crippen molar-refractivity contribution in [3.8, 4) is 0 Å². The first-order valence-corrected chi connectivity index (χ1v) is 6.11. The summed E-state index contributed by atoms with van der Waals surface area (Å²) in [6.45, 7) is 0. The van der Waals surface area contributed by atoms with E-state index in [1.54, 1.807) is 0 Å². The Labute approximate surface area is 98.0 Å². The Morgan fingerprint density at radius 3 is 2.57 bits per heavy atom. The molecule has 1 atom stereocenters. The molecule has 0 aromatic heterocycles. The van der Waals surface area contributed by atoms with Gasteiger partial charge in [0, 0.05) is 15.9 Å². The molecule has 1 aliphatic rings. The third-order valence-corrected chi connectivity index (χ3v) is 3.55. The van der Waals surface area contributed by atoms with Crippen molar-refractivity contribution in [1.29, 1.82) is 0 Å². The number of carbonyl (C=O) groups excluding carboxylic acids is 1. The molecule has 0 saturated heterocycles. The summed E-state index contributed by atoms with van der Waals surface area (Å²) in [5.74, 6) is 0.763. The molecule has 0 radical (unpaired) electrons. The van der Waals surface area contributed by atoms with E-state index in [0.29, 0.717) is 11.7 Å². The average Bonchev–Trinajstić information content (AvgIpc) is 2.56. The third kappa shape index (κ3) is 2.35. The minimum absolute atomic E-state index is 0.301. The summed E-state index contributed by atoms with van der Waals surface area (Å²) in [6, 6.07) is 8.48. The van der Waals surface area contributed by atoms with Crippen LogP contribution in [0.2, 0.25) is 0 Å². The van der Waals surface area contributed by atoms with Gasteiger partial charge in [-0.1, -0.05) is 12.1 Å². The highest BCUT2D eigenvalue weighted by Crippen LogP contribution is 2.25. The molecule has 1 fully saturated rings. The molecule has 0 heterocycles. The van der Waals surface area contributed by atoms with Gasteiger partial charge in [0.25, 0.3) is 0 Å². The Morgan fingerprint density at radius 1 is 1.29 bits per heavy atom. The molecule has 2 heteroatoms. The van der Waals surface area contributed by atoms with Crippen molar-refractivity contribution in [2.45, 2.75) is 25.7 Å². The number of rotatable bonds is 2. The van der Waals surface area contributed by atoms with Gasteiger partial charge in [0.2, 0.25) is 0 Å². The van der Waals surface area contributed by atoms with Crippen molar-refractivity contribution in [3.05, 3.63) is 33.4 Å². The van der Waals surface area contributed by atoms with Gasteiger partial charge in [-0.15, -0.1) is 0 Å². The van der Waals surface area contributed by atoms with Crippen LogP contribution in [0.3, 0.4) is 0 Å². The number of halogens is 1. The van der Waals surface area contributed by atoms with Crippen LogP contribution in [0.5, 0.6) is 0 Å². The fourth-order valence-electron chi connectivity index (χ4n) is 2.01. The van der Waals surface area contributed by atoms with Crippen molar-refractivity contribution in [3.63, 3.8) is 0 Å². The molecule has 2 rings (SSSR count). The monoisotopic (exact) mass is 300 g/mol. The third-order valence-electron chi connectivity index (χ3n) is 2.83. The lowest BCUT2D eigenvalue weighted by Gasteiger charge is -2.07. The second-order valence-electron chi connectivity index (χ2n) is 3.89. The zero-order valence-electron chi connectivity index (χ0n) is 8.00. The van der Waals surface area contributed by atoms with Gasteiger partial charge in [0.05, 0.1) is 0 Å². The van der Waals surface area contributed by atoms with Gasteiger partial charge in [0.15, 0.2) is 0 Å². The quantitative estimate of drug-likeness (QED) is 0.767. The SMILES string of the molecule is O=C1CCC[C@H]1Cc1ccc(I)cc1. The van der Waals surface area contributed by atoms with Gasteiger partial charge in [0.1, 0.15) is 5.78 Å². The molecular weight excluding hydrogens is 287 g/mol. The van der Waals surface area contributed by atoms with Crippen LogP contribution in [0.15, 0.2) is 24.3 Å². The van der Waals surface area contributed by atoms with Crippen LogP contribution in [0.4, 0.5) is 0 Å². The number of carbonyl (C=O) groups is 1. The number of hydrogen-bond donors (Lipinski definition) is 0. The van der Waals surface area contributed by atoms with E-state index < -0.39 is 0 Å². The Bertz CT molecular complexity index is 329. The summed E-state index contributed by atoms with van der Waals surface area (Å²) < 4.78 is 1.25. The van der Waals surface area contributed by atoms with Gasteiger partial charge < -0.3 is 0 Å². The van der Waals surface area contributed by atoms with Crippen LogP contribution >= 0.6 is 22.6 Å². The lowest BCUT2D eigenvalue weighted by Crippen LogP contribution is -2.09. The minimum Gasteiger partial charge on any atom is -0.299 e. The predicted octanol–water partition coefficient (Wildman–Crippen LogP) is 3.20. The maximum atomic E-state index is 11.4. The van der Waals surface area contributed by atoms with Crippen molar-refractivity contribution in [2.75, 3.05) is 0 Å². The molecule has 1 aromatic rings. The fourth-order valence-corrected chi connectivity index (χ4v) is 2.37. The summed E-state index contributed by atoms with van der Waals surface area (Å²) in [7, 11) is 0. The topological polar surface area (TPSA) is 17.1 Å². The Hall–Kier alpha value is -0.380. The van der Waals surface area contributed by atoms with Crippen LogP contribution in [-0.4, -0.2) is 5.78 Å². The molecule has 74 valence electrons. The lowest BCUT2D eigenvalue weighted by atomic mass is 9.97. The Balaban J connectivity index is 2.03. The summed E-state index contributed by atoms with van der Waals surface area (Å²) in [5.41, 5.74) is 1.30. The number of ketones is 1. The van der Waals surface area contributed by atoms with E-state index in [9.17, 15) is 4.79 Å². The number of Topliss-reactive ketones (excluding diaryl/α,β-unsaturated/α-hetero) is 1. The Morgan fingerprint density at radius 2 is 2.00 bits per heavy atom. The van der Waals surface area contributed by atoms with E-state index in [2.05, 4.69) is 46.9 Å². The second kappa shape index (κ2) is 4.43. The molecule has 1 saturated carbocycles. The van der Waals surface area contributed by atoms with Gasteiger partial charge >= 0.3 is 0 Å². The Kier molecular flexibility index (Phi) is 3.21. The smallest absolute Gasteiger partial charge is 0.136 e. The zero-order chi connectivity index (χ0) is 9.97. The minimum atomic E-state index is 0.301. The van der Waals surface area contributed by atoms with Gasteiger partial charge in [-0.25, -0.2) is 0 Å². The normalized spacial score (nSPS) is 21.5. The van der Waals surface area contributed by atoms with E-state index in [-0.39, 0.29) is 0 Å². The molecule has 0 amide bonds. The first-order chi connectivity index (χ1) is 6.75. The molecule has 0 aliphatic heterocycles.